The SMILES string of the molecule is CN1CCN(C(=O)c2cc(-c3ccc4c(C=O)c(O)ccc4c3)ccn2)CC1. The van der Waals surface area contributed by atoms with E-state index in [0.29, 0.717) is 30.5 Å². The Kier molecular flexibility index (Phi) is 4.79. The molecule has 1 aromatic heterocycles. The maximum atomic E-state index is 12.8. The molecule has 0 saturated carbocycles. The molecule has 142 valence electrons. The van der Waals surface area contributed by atoms with Gasteiger partial charge in [0.1, 0.15) is 11.4 Å². The third kappa shape index (κ3) is 3.34. The van der Waals surface area contributed by atoms with Gasteiger partial charge in [0.2, 0.25) is 0 Å². The van der Waals surface area contributed by atoms with Gasteiger partial charge in [-0.05, 0) is 53.2 Å². The van der Waals surface area contributed by atoms with Gasteiger partial charge in [0, 0.05) is 32.4 Å². The number of amides is 1. The first-order valence-electron chi connectivity index (χ1n) is 9.22. The zero-order valence-corrected chi connectivity index (χ0v) is 15.6. The van der Waals surface area contributed by atoms with Crippen molar-refractivity contribution in [2.75, 3.05) is 33.2 Å². The standard InChI is InChI=1S/C22H21N3O3/c1-24-8-10-25(11-9-24)22(28)20-13-16(6-7-23-20)15-2-4-18-17(12-15)3-5-21(27)19(18)14-26/h2-7,12-14,27H,8-11H2,1H3. The molecule has 6 nitrogen and oxygen atoms in total. The number of hydrogen-bond acceptors (Lipinski definition) is 5. The second-order valence-corrected chi connectivity index (χ2v) is 7.08. The van der Waals surface area contributed by atoms with Gasteiger partial charge in [-0.3, -0.25) is 14.6 Å². The fourth-order valence-electron chi connectivity index (χ4n) is 3.54. The molecule has 1 amide bonds. The van der Waals surface area contributed by atoms with Crippen LogP contribution in [0.2, 0.25) is 0 Å². The Morgan fingerprint density at radius 2 is 1.79 bits per heavy atom. The van der Waals surface area contributed by atoms with Crippen molar-refractivity contribution in [3.8, 4) is 16.9 Å². The molecule has 1 fully saturated rings. The van der Waals surface area contributed by atoms with Gasteiger partial charge in [-0.25, -0.2) is 0 Å². The Balaban J connectivity index is 1.66. The van der Waals surface area contributed by atoms with E-state index in [2.05, 4.69) is 16.9 Å². The van der Waals surface area contributed by atoms with E-state index in [-0.39, 0.29) is 17.2 Å². The number of phenolic OH excluding ortho intramolecular Hbond substituents is 1. The van der Waals surface area contributed by atoms with Crippen molar-refractivity contribution >= 4 is 23.0 Å². The van der Waals surface area contributed by atoms with Crippen LogP contribution in [0.15, 0.2) is 48.7 Å². The summed E-state index contributed by atoms with van der Waals surface area (Å²) in [5, 5.41) is 11.4. The molecule has 4 rings (SSSR count). The lowest BCUT2D eigenvalue weighted by Crippen LogP contribution is -2.47. The molecular formula is C22H21N3O3. The minimum atomic E-state index is -0.0519. The predicted octanol–water partition coefficient (Wildman–Crippen LogP) is 2.81. The molecule has 6 heteroatoms. The van der Waals surface area contributed by atoms with E-state index in [9.17, 15) is 14.7 Å². The summed E-state index contributed by atoms with van der Waals surface area (Å²) in [6, 6.07) is 12.6. The third-order valence-electron chi connectivity index (χ3n) is 5.26. The number of phenols is 1. The smallest absolute Gasteiger partial charge is 0.272 e. The van der Waals surface area contributed by atoms with E-state index in [1.165, 1.54) is 6.07 Å². The molecule has 1 aliphatic heterocycles. The number of hydrogen-bond donors (Lipinski definition) is 1. The van der Waals surface area contributed by atoms with Gasteiger partial charge in [-0.2, -0.15) is 0 Å². The van der Waals surface area contributed by atoms with Crippen LogP contribution >= 0.6 is 0 Å². The summed E-state index contributed by atoms with van der Waals surface area (Å²) in [6.45, 7) is 3.13. The summed E-state index contributed by atoms with van der Waals surface area (Å²) in [5.41, 5.74) is 2.52. The number of carbonyl (C=O) groups excluding carboxylic acids is 2. The number of benzene rings is 2. The normalized spacial score (nSPS) is 15.0. The van der Waals surface area contributed by atoms with Crippen molar-refractivity contribution in [3.05, 3.63) is 59.9 Å². The van der Waals surface area contributed by atoms with Crippen LogP contribution in [0.5, 0.6) is 5.75 Å². The van der Waals surface area contributed by atoms with Crippen LogP contribution < -0.4 is 0 Å². The highest BCUT2D eigenvalue weighted by Gasteiger charge is 2.21. The average molecular weight is 375 g/mol. The highest BCUT2D eigenvalue weighted by molar-refractivity contribution is 6.02. The second kappa shape index (κ2) is 7.40. The number of aldehydes is 1. The molecule has 2 heterocycles. The molecule has 2 aromatic carbocycles. The lowest BCUT2D eigenvalue weighted by atomic mass is 9.98. The number of rotatable bonds is 3. The topological polar surface area (TPSA) is 73.7 Å². The number of aromatic hydroxyl groups is 1. The van der Waals surface area contributed by atoms with Crippen molar-refractivity contribution in [2.24, 2.45) is 0 Å². The molecule has 0 bridgehead atoms. The van der Waals surface area contributed by atoms with Crippen molar-refractivity contribution in [2.45, 2.75) is 0 Å². The Bertz CT molecular complexity index is 1060. The summed E-state index contributed by atoms with van der Waals surface area (Å²) in [5.74, 6) is -0.0804. The molecular weight excluding hydrogens is 354 g/mol. The van der Waals surface area contributed by atoms with E-state index in [4.69, 9.17) is 0 Å². The highest BCUT2D eigenvalue weighted by Crippen LogP contribution is 2.30. The summed E-state index contributed by atoms with van der Waals surface area (Å²) < 4.78 is 0. The number of pyridine rings is 1. The molecule has 0 spiro atoms. The van der Waals surface area contributed by atoms with Crippen LogP contribution in [0.4, 0.5) is 0 Å². The van der Waals surface area contributed by atoms with Gasteiger partial charge < -0.3 is 14.9 Å². The van der Waals surface area contributed by atoms with Crippen LogP contribution in [0.1, 0.15) is 20.8 Å². The van der Waals surface area contributed by atoms with E-state index in [1.54, 1.807) is 12.3 Å². The molecule has 1 N–H and O–H groups in total. The third-order valence-corrected chi connectivity index (χ3v) is 5.26. The molecule has 0 radical (unpaired) electrons. The molecule has 1 aliphatic rings. The van der Waals surface area contributed by atoms with Gasteiger partial charge in [-0.15, -0.1) is 0 Å². The predicted molar refractivity (Wildman–Crippen MR) is 108 cm³/mol. The van der Waals surface area contributed by atoms with Crippen LogP contribution in [0.3, 0.4) is 0 Å². The van der Waals surface area contributed by atoms with Crippen LogP contribution in [-0.4, -0.2) is 65.3 Å². The fourth-order valence-corrected chi connectivity index (χ4v) is 3.54. The Labute approximate surface area is 163 Å². The van der Waals surface area contributed by atoms with Crippen LogP contribution in [0, 0.1) is 0 Å². The molecule has 0 unspecified atom stereocenters. The monoisotopic (exact) mass is 375 g/mol. The van der Waals surface area contributed by atoms with Gasteiger partial charge in [0.15, 0.2) is 6.29 Å². The van der Waals surface area contributed by atoms with E-state index in [0.717, 1.165) is 29.6 Å². The first kappa shape index (κ1) is 18.1. The Hall–Kier alpha value is -3.25. The number of aromatic nitrogens is 1. The first-order chi connectivity index (χ1) is 13.6. The number of carbonyl (C=O) groups is 2. The number of nitrogens with zero attached hydrogens (tertiary/aromatic N) is 3. The van der Waals surface area contributed by atoms with E-state index in [1.807, 2.05) is 35.2 Å². The average Bonchev–Trinajstić information content (AvgIpc) is 2.73. The fraction of sp³-hybridized carbons (Fsp3) is 0.227. The number of fused-ring (bicyclic) bond motifs is 1. The van der Waals surface area contributed by atoms with Crippen molar-refractivity contribution in [3.63, 3.8) is 0 Å². The lowest BCUT2D eigenvalue weighted by Gasteiger charge is -2.32. The Morgan fingerprint density at radius 1 is 1.04 bits per heavy atom. The number of piperazine rings is 1. The number of likely N-dealkylation sites (N-methyl/N-ethyl adjacent to an activating group) is 1. The van der Waals surface area contributed by atoms with E-state index < -0.39 is 0 Å². The molecule has 3 aromatic rings. The summed E-state index contributed by atoms with van der Waals surface area (Å²) in [4.78, 5) is 32.4. The maximum absolute atomic E-state index is 12.8. The van der Waals surface area contributed by atoms with Crippen molar-refractivity contribution in [1.82, 2.24) is 14.8 Å². The summed E-state index contributed by atoms with van der Waals surface area (Å²) in [6.07, 6.45) is 2.31. The molecule has 1 saturated heterocycles. The molecule has 0 aliphatic carbocycles. The van der Waals surface area contributed by atoms with Crippen molar-refractivity contribution in [1.29, 1.82) is 0 Å². The zero-order valence-electron chi connectivity index (χ0n) is 15.6. The molecule has 28 heavy (non-hydrogen) atoms. The van der Waals surface area contributed by atoms with Gasteiger partial charge in [0.05, 0.1) is 5.56 Å². The maximum Gasteiger partial charge on any atom is 0.272 e. The minimum absolute atomic E-state index is 0.0285. The quantitative estimate of drug-likeness (QED) is 0.713. The lowest BCUT2D eigenvalue weighted by molar-refractivity contribution is 0.0658. The summed E-state index contributed by atoms with van der Waals surface area (Å²) in [7, 11) is 2.05. The van der Waals surface area contributed by atoms with Crippen molar-refractivity contribution < 1.29 is 14.7 Å². The summed E-state index contributed by atoms with van der Waals surface area (Å²) >= 11 is 0. The Morgan fingerprint density at radius 3 is 2.54 bits per heavy atom. The van der Waals surface area contributed by atoms with Gasteiger partial charge in [-0.1, -0.05) is 18.2 Å². The van der Waals surface area contributed by atoms with Gasteiger partial charge >= 0.3 is 0 Å². The van der Waals surface area contributed by atoms with Crippen LogP contribution in [0.25, 0.3) is 21.9 Å². The molecule has 0 atom stereocenters. The largest absolute Gasteiger partial charge is 0.507 e. The van der Waals surface area contributed by atoms with Gasteiger partial charge in [0.25, 0.3) is 5.91 Å². The van der Waals surface area contributed by atoms with Crippen LogP contribution in [-0.2, 0) is 0 Å². The first-order valence-corrected chi connectivity index (χ1v) is 9.22. The highest BCUT2D eigenvalue weighted by atomic mass is 16.3. The zero-order chi connectivity index (χ0) is 19.7. The van der Waals surface area contributed by atoms with E-state index >= 15 is 0 Å². The minimum Gasteiger partial charge on any atom is -0.507 e. The second-order valence-electron chi connectivity index (χ2n) is 7.08.